The summed E-state index contributed by atoms with van der Waals surface area (Å²) in [5.41, 5.74) is 1.41. The minimum absolute atomic E-state index is 0.0368. The van der Waals surface area contributed by atoms with Crippen LogP contribution in [0.5, 0.6) is 0 Å². The summed E-state index contributed by atoms with van der Waals surface area (Å²) in [6.07, 6.45) is 9.62. The minimum atomic E-state index is -0.0368. The number of aryl methyl sites for hydroxylation is 1. The lowest BCUT2D eigenvalue weighted by molar-refractivity contribution is -0.218. The average Bonchev–Trinajstić information content (AvgIpc) is 3.03. The first-order chi connectivity index (χ1) is 9.94. The number of hydrogen-bond acceptors (Lipinski definition) is 3. The highest BCUT2D eigenvalue weighted by atomic mass is 16.5. The Labute approximate surface area is 127 Å². The number of aromatic nitrogens is 2. The molecule has 1 aliphatic heterocycles. The predicted molar refractivity (Wildman–Crippen MR) is 81.8 cm³/mol. The Balaban J connectivity index is 1.55. The van der Waals surface area contributed by atoms with E-state index in [4.69, 9.17) is 4.74 Å². The van der Waals surface area contributed by atoms with E-state index in [-0.39, 0.29) is 11.2 Å². The maximum absolute atomic E-state index is 6.67. The fraction of sp³-hybridized carbons (Fsp3) is 0.824. The van der Waals surface area contributed by atoms with Crippen molar-refractivity contribution in [2.24, 2.45) is 18.9 Å². The van der Waals surface area contributed by atoms with E-state index in [9.17, 15) is 0 Å². The van der Waals surface area contributed by atoms with Gasteiger partial charge in [0.25, 0.3) is 0 Å². The Kier molecular flexibility index (Phi) is 2.99. The Morgan fingerprint density at radius 1 is 1.33 bits per heavy atom. The van der Waals surface area contributed by atoms with Crippen molar-refractivity contribution in [2.45, 2.75) is 57.3 Å². The summed E-state index contributed by atoms with van der Waals surface area (Å²) in [7, 11) is 1.99. The van der Waals surface area contributed by atoms with Crippen LogP contribution in [0.4, 0.5) is 0 Å². The summed E-state index contributed by atoms with van der Waals surface area (Å²) in [5, 5.41) is 4.30. The topological polar surface area (TPSA) is 30.3 Å². The molecule has 1 saturated heterocycles. The molecular weight excluding hydrogens is 262 g/mol. The summed E-state index contributed by atoms with van der Waals surface area (Å²) in [5.74, 6) is 1.71. The third kappa shape index (κ3) is 2.42. The molecule has 1 aromatic rings. The van der Waals surface area contributed by atoms with Gasteiger partial charge in [-0.2, -0.15) is 5.10 Å². The molecule has 2 aliphatic carbocycles. The number of fused-ring (bicyclic) bond motifs is 3. The number of nitrogens with zero attached hydrogens (tertiary/aromatic N) is 3. The highest BCUT2D eigenvalue weighted by Gasteiger charge is 2.56. The second kappa shape index (κ2) is 4.56. The molecule has 1 spiro atoms. The van der Waals surface area contributed by atoms with Gasteiger partial charge in [-0.15, -0.1) is 0 Å². The van der Waals surface area contributed by atoms with E-state index in [1.54, 1.807) is 0 Å². The molecule has 3 aliphatic rings. The van der Waals surface area contributed by atoms with Gasteiger partial charge in [0.1, 0.15) is 0 Å². The lowest BCUT2D eigenvalue weighted by Crippen LogP contribution is -2.61. The molecule has 3 fully saturated rings. The molecule has 2 bridgehead atoms. The number of rotatable bonds is 2. The van der Waals surface area contributed by atoms with E-state index < -0.39 is 0 Å². The second-order valence-electron chi connectivity index (χ2n) is 8.17. The molecule has 116 valence electrons. The van der Waals surface area contributed by atoms with Crippen molar-refractivity contribution in [1.29, 1.82) is 0 Å². The summed E-state index contributed by atoms with van der Waals surface area (Å²) in [4.78, 5) is 2.60. The smallest absolute Gasteiger partial charge is 0.0847 e. The van der Waals surface area contributed by atoms with Gasteiger partial charge in [0.15, 0.2) is 0 Å². The van der Waals surface area contributed by atoms with Gasteiger partial charge in [0.05, 0.1) is 17.4 Å². The zero-order valence-electron chi connectivity index (χ0n) is 13.5. The SMILES string of the molecule is Cn1cc(CN2CC(C)(C)O[C@@]3(C[C@@H]4CC[C@H]3C4)C2)cn1. The summed E-state index contributed by atoms with van der Waals surface area (Å²) in [6, 6.07) is 0. The van der Waals surface area contributed by atoms with Crippen LogP contribution in [0.15, 0.2) is 12.4 Å². The molecule has 4 heteroatoms. The molecule has 21 heavy (non-hydrogen) atoms. The van der Waals surface area contributed by atoms with Gasteiger partial charge >= 0.3 is 0 Å². The van der Waals surface area contributed by atoms with Crippen molar-refractivity contribution in [1.82, 2.24) is 14.7 Å². The monoisotopic (exact) mass is 289 g/mol. The number of hydrogen-bond donors (Lipinski definition) is 0. The Hall–Kier alpha value is -0.870. The van der Waals surface area contributed by atoms with Crippen LogP contribution in [-0.4, -0.2) is 39.0 Å². The Bertz CT molecular complexity index is 538. The first kappa shape index (κ1) is 13.8. The van der Waals surface area contributed by atoms with Crippen LogP contribution in [0.2, 0.25) is 0 Å². The molecule has 4 rings (SSSR count). The zero-order valence-corrected chi connectivity index (χ0v) is 13.5. The Morgan fingerprint density at radius 3 is 2.81 bits per heavy atom. The van der Waals surface area contributed by atoms with Crippen LogP contribution in [0.1, 0.15) is 45.1 Å². The molecule has 0 radical (unpaired) electrons. The largest absolute Gasteiger partial charge is 0.366 e. The van der Waals surface area contributed by atoms with Crippen molar-refractivity contribution in [2.75, 3.05) is 13.1 Å². The van der Waals surface area contributed by atoms with Crippen LogP contribution >= 0.6 is 0 Å². The quantitative estimate of drug-likeness (QED) is 0.838. The maximum Gasteiger partial charge on any atom is 0.0847 e. The van der Waals surface area contributed by atoms with E-state index in [0.717, 1.165) is 31.5 Å². The van der Waals surface area contributed by atoms with E-state index in [1.165, 1.54) is 31.2 Å². The Morgan fingerprint density at radius 2 is 2.19 bits per heavy atom. The lowest BCUT2D eigenvalue weighted by Gasteiger charge is -2.52. The van der Waals surface area contributed by atoms with Gasteiger partial charge < -0.3 is 4.74 Å². The fourth-order valence-electron chi connectivity index (χ4n) is 5.22. The second-order valence-corrected chi connectivity index (χ2v) is 8.17. The van der Waals surface area contributed by atoms with Crippen LogP contribution < -0.4 is 0 Å². The molecule has 0 aromatic carbocycles. The number of ether oxygens (including phenoxy) is 1. The molecule has 2 heterocycles. The molecule has 4 nitrogen and oxygen atoms in total. The molecule has 0 amide bonds. The predicted octanol–water partition coefficient (Wildman–Crippen LogP) is 2.59. The minimum Gasteiger partial charge on any atom is -0.366 e. The fourth-order valence-corrected chi connectivity index (χ4v) is 5.22. The first-order valence-electron chi connectivity index (χ1n) is 8.34. The third-order valence-electron chi connectivity index (χ3n) is 5.66. The van der Waals surface area contributed by atoms with Gasteiger partial charge in [-0.3, -0.25) is 9.58 Å². The van der Waals surface area contributed by atoms with Gasteiger partial charge in [0, 0.05) is 38.4 Å². The van der Waals surface area contributed by atoms with E-state index in [0.29, 0.717) is 0 Å². The molecular formula is C17H27N3O. The van der Waals surface area contributed by atoms with Gasteiger partial charge in [-0.05, 0) is 51.4 Å². The van der Waals surface area contributed by atoms with Crippen LogP contribution in [0.3, 0.4) is 0 Å². The molecule has 0 N–H and O–H groups in total. The standard InChI is InChI=1S/C17H27N3O/c1-16(2)11-20(10-14-8-18-19(3)9-14)12-17(21-16)7-13-4-5-15(17)6-13/h8-9,13,15H,4-7,10-12H2,1-3H3/t13-,15+,17+/m1/s1. The van der Waals surface area contributed by atoms with Crippen molar-refractivity contribution >= 4 is 0 Å². The van der Waals surface area contributed by atoms with Gasteiger partial charge in [0.2, 0.25) is 0 Å². The van der Waals surface area contributed by atoms with Gasteiger partial charge in [-0.1, -0.05) is 0 Å². The molecule has 1 aromatic heterocycles. The number of morpholine rings is 1. The van der Waals surface area contributed by atoms with Crippen molar-refractivity contribution in [3.8, 4) is 0 Å². The van der Waals surface area contributed by atoms with Crippen molar-refractivity contribution < 1.29 is 4.74 Å². The van der Waals surface area contributed by atoms with E-state index in [2.05, 4.69) is 30.0 Å². The summed E-state index contributed by atoms with van der Waals surface area (Å²) < 4.78 is 8.56. The average molecular weight is 289 g/mol. The van der Waals surface area contributed by atoms with Gasteiger partial charge in [-0.25, -0.2) is 0 Å². The first-order valence-corrected chi connectivity index (χ1v) is 8.34. The molecule has 3 atom stereocenters. The van der Waals surface area contributed by atoms with Crippen molar-refractivity contribution in [3.63, 3.8) is 0 Å². The summed E-state index contributed by atoms with van der Waals surface area (Å²) >= 11 is 0. The van der Waals surface area contributed by atoms with Crippen molar-refractivity contribution in [3.05, 3.63) is 18.0 Å². The normalized spacial score (nSPS) is 38.4. The highest BCUT2D eigenvalue weighted by molar-refractivity contribution is 5.10. The molecule has 2 saturated carbocycles. The van der Waals surface area contributed by atoms with Crippen LogP contribution in [0, 0.1) is 11.8 Å². The summed E-state index contributed by atoms with van der Waals surface area (Å²) in [6.45, 7) is 7.64. The van der Waals surface area contributed by atoms with E-state index in [1.807, 2.05) is 17.9 Å². The maximum atomic E-state index is 6.67. The third-order valence-corrected chi connectivity index (χ3v) is 5.66. The molecule has 0 unspecified atom stereocenters. The van der Waals surface area contributed by atoms with Crippen LogP contribution in [-0.2, 0) is 18.3 Å². The van der Waals surface area contributed by atoms with Crippen LogP contribution in [0.25, 0.3) is 0 Å². The highest BCUT2D eigenvalue weighted by Crippen LogP contribution is 2.55. The van der Waals surface area contributed by atoms with E-state index >= 15 is 0 Å². The lowest BCUT2D eigenvalue weighted by atomic mass is 9.81. The zero-order chi connectivity index (χ0) is 14.7.